The summed E-state index contributed by atoms with van der Waals surface area (Å²) in [6.07, 6.45) is -3.56. The van der Waals surface area contributed by atoms with E-state index in [1.54, 1.807) is 0 Å². The smallest absolute Gasteiger partial charge is 0.417 e. The molecule has 2 aromatic rings. The van der Waals surface area contributed by atoms with Crippen molar-refractivity contribution in [2.75, 3.05) is 13.1 Å². The highest BCUT2D eigenvalue weighted by Gasteiger charge is 2.54. The van der Waals surface area contributed by atoms with E-state index in [-0.39, 0.29) is 5.69 Å². The van der Waals surface area contributed by atoms with Crippen LogP contribution in [0.15, 0.2) is 41.6 Å². The number of hydrogen-bond acceptors (Lipinski definition) is 5. The molecule has 2 fully saturated rings. The Hall–Kier alpha value is -3.03. The minimum Gasteiger partial charge on any atom is -0.481 e. The molecule has 0 spiro atoms. The highest BCUT2D eigenvalue weighted by molar-refractivity contribution is 7.92. The van der Waals surface area contributed by atoms with Crippen molar-refractivity contribution in [3.63, 3.8) is 0 Å². The fraction of sp³-hybridized carbons (Fsp3) is 0.450. The standard InChI is InChI=1S/C20H18F5N3O5S/c21-19(22)9-27(10-19)17(29)13-7-12(8-14(13)18(30)31)34(32,33)16-3-2-11(28-5-1-4-26-28)6-15(16)20(23,24)25/h1-6,12-14H,7-10H2,(H,30,31). The third-order valence-electron chi connectivity index (χ3n) is 6.09. The normalized spacial score (nSPS) is 24.6. The molecule has 2 heterocycles. The van der Waals surface area contributed by atoms with E-state index in [1.165, 1.54) is 18.5 Å². The first-order chi connectivity index (χ1) is 15.7. The van der Waals surface area contributed by atoms with Gasteiger partial charge in [-0.1, -0.05) is 0 Å². The molecular formula is C20H18F5N3O5S. The van der Waals surface area contributed by atoms with Gasteiger partial charge in [0.25, 0.3) is 5.92 Å². The molecule has 3 unspecified atom stereocenters. The quantitative estimate of drug-likeness (QED) is 0.624. The number of carbonyl (C=O) groups excluding carboxylic acids is 1. The Morgan fingerprint density at radius 2 is 1.76 bits per heavy atom. The van der Waals surface area contributed by atoms with Crippen LogP contribution in [0.3, 0.4) is 0 Å². The maximum Gasteiger partial charge on any atom is 0.417 e. The number of carboxylic acids is 1. The molecule has 0 bridgehead atoms. The van der Waals surface area contributed by atoms with Crippen molar-refractivity contribution >= 4 is 21.7 Å². The van der Waals surface area contributed by atoms with Crippen molar-refractivity contribution in [1.82, 2.24) is 14.7 Å². The summed E-state index contributed by atoms with van der Waals surface area (Å²) in [5.41, 5.74) is -1.50. The van der Waals surface area contributed by atoms with Crippen molar-refractivity contribution < 1.29 is 45.1 Å². The third kappa shape index (κ3) is 4.26. The van der Waals surface area contributed by atoms with E-state index in [0.29, 0.717) is 6.07 Å². The molecule has 8 nitrogen and oxygen atoms in total. The van der Waals surface area contributed by atoms with Crippen LogP contribution in [0.2, 0.25) is 0 Å². The van der Waals surface area contributed by atoms with E-state index in [9.17, 15) is 45.1 Å². The molecule has 1 saturated heterocycles. The first-order valence-corrected chi connectivity index (χ1v) is 11.6. The summed E-state index contributed by atoms with van der Waals surface area (Å²) in [5.74, 6) is -8.55. The van der Waals surface area contributed by atoms with Crippen LogP contribution in [0.4, 0.5) is 22.0 Å². The Morgan fingerprint density at radius 1 is 1.12 bits per heavy atom. The topological polar surface area (TPSA) is 110 Å². The van der Waals surface area contributed by atoms with E-state index >= 15 is 0 Å². The van der Waals surface area contributed by atoms with Gasteiger partial charge in [0.1, 0.15) is 0 Å². The van der Waals surface area contributed by atoms with Gasteiger partial charge in [-0.2, -0.15) is 18.3 Å². The molecule has 1 aliphatic heterocycles. The van der Waals surface area contributed by atoms with Gasteiger partial charge in [-0.3, -0.25) is 9.59 Å². The Kier molecular flexibility index (Phi) is 5.69. The molecule has 3 atom stereocenters. The van der Waals surface area contributed by atoms with Gasteiger partial charge < -0.3 is 10.0 Å². The number of nitrogens with zero attached hydrogens (tertiary/aromatic N) is 3. The fourth-order valence-electron chi connectivity index (χ4n) is 4.42. The average Bonchev–Trinajstić information content (AvgIpc) is 3.40. The molecular weight excluding hydrogens is 489 g/mol. The Labute approximate surface area is 189 Å². The van der Waals surface area contributed by atoms with Crippen LogP contribution >= 0.6 is 0 Å². The second-order valence-electron chi connectivity index (χ2n) is 8.37. The molecule has 1 aliphatic carbocycles. The lowest BCUT2D eigenvalue weighted by molar-refractivity contribution is -0.172. The van der Waals surface area contributed by atoms with E-state index in [2.05, 4.69) is 5.10 Å². The van der Waals surface area contributed by atoms with E-state index in [1.807, 2.05) is 0 Å². The molecule has 4 rings (SSSR count). The zero-order valence-corrected chi connectivity index (χ0v) is 18.1. The summed E-state index contributed by atoms with van der Waals surface area (Å²) in [6, 6.07) is 3.99. The van der Waals surface area contributed by atoms with Crippen LogP contribution in [0.5, 0.6) is 0 Å². The van der Waals surface area contributed by atoms with Crippen LogP contribution in [0.25, 0.3) is 5.69 Å². The number of alkyl halides is 5. The molecule has 1 amide bonds. The summed E-state index contributed by atoms with van der Waals surface area (Å²) in [4.78, 5) is 24.0. The van der Waals surface area contributed by atoms with Crippen LogP contribution in [-0.2, 0) is 25.6 Å². The summed E-state index contributed by atoms with van der Waals surface area (Å²) < 4.78 is 95.3. The molecule has 14 heteroatoms. The predicted molar refractivity (Wildman–Crippen MR) is 105 cm³/mol. The highest BCUT2D eigenvalue weighted by Crippen LogP contribution is 2.44. The molecule has 1 N–H and O–H groups in total. The minimum atomic E-state index is -5.06. The average molecular weight is 507 g/mol. The Balaban J connectivity index is 1.67. The zero-order chi connectivity index (χ0) is 25.1. The maximum atomic E-state index is 13.8. The Morgan fingerprint density at radius 3 is 2.29 bits per heavy atom. The lowest BCUT2D eigenvalue weighted by Crippen LogP contribution is -2.60. The summed E-state index contributed by atoms with van der Waals surface area (Å²) in [7, 11) is -4.74. The number of rotatable bonds is 5. The van der Waals surface area contributed by atoms with Gasteiger partial charge in [0, 0.05) is 12.4 Å². The number of carbonyl (C=O) groups is 2. The lowest BCUT2D eigenvalue weighted by atomic mass is 9.93. The largest absolute Gasteiger partial charge is 0.481 e. The number of sulfone groups is 1. The number of amides is 1. The van der Waals surface area contributed by atoms with Gasteiger partial charge >= 0.3 is 12.1 Å². The van der Waals surface area contributed by atoms with Gasteiger partial charge in [-0.05, 0) is 37.1 Å². The SMILES string of the molecule is O=C(O)C1CC(S(=O)(=O)c2ccc(-n3cccn3)cc2C(F)(F)F)CC1C(=O)N1CC(F)(F)C1. The van der Waals surface area contributed by atoms with E-state index < -0.39 is 87.3 Å². The predicted octanol–water partition coefficient (Wildman–Crippen LogP) is 2.62. The summed E-state index contributed by atoms with van der Waals surface area (Å²) >= 11 is 0. The van der Waals surface area contributed by atoms with Crippen molar-refractivity contribution in [2.45, 2.75) is 35.1 Å². The molecule has 1 aromatic carbocycles. The first-order valence-electron chi connectivity index (χ1n) is 10.1. The number of aliphatic carboxylic acids is 1. The number of carboxylic acid groups (broad SMARTS) is 1. The van der Waals surface area contributed by atoms with Crippen LogP contribution in [-0.4, -0.2) is 64.3 Å². The summed E-state index contributed by atoms with van der Waals surface area (Å²) in [5, 5.41) is 11.7. The number of halogens is 5. The number of hydrogen-bond donors (Lipinski definition) is 1. The third-order valence-corrected chi connectivity index (χ3v) is 8.32. The van der Waals surface area contributed by atoms with Gasteiger partial charge in [-0.15, -0.1) is 0 Å². The van der Waals surface area contributed by atoms with E-state index in [4.69, 9.17) is 0 Å². The molecule has 1 saturated carbocycles. The zero-order valence-electron chi connectivity index (χ0n) is 17.2. The van der Waals surface area contributed by atoms with Gasteiger partial charge in [0.15, 0.2) is 9.84 Å². The monoisotopic (exact) mass is 507 g/mol. The first kappa shape index (κ1) is 24.1. The maximum absolute atomic E-state index is 13.8. The van der Waals surface area contributed by atoms with Crippen molar-refractivity contribution in [1.29, 1.82) is 0 Å². The van der Waals surface area contributed by atoms with Gasteiger partial charge in [-0.25, -0.2) is 21.9 Å². The van der Waals surface area contributed by atoms with Crippen LogP contribution in [0, 0.1) is 11.8 Å². The van der Waals surface area contributed by atoms with Gasteiger partial charge in [0.2, 0.25) is 5.91 Å². The van der Waals surface area contributed by atoms with Crippen molar-refractivity contribution in [2.24, 2.45) is 11.8 Å². The highest BCUT2D eigenvalue weighted by atomic mass is 32.2. The van der Waals surface area contributed by atoms with Gasteiger partial charge in [0.05, 0.1) is 46.3 Å². The molecule has 1 aromatic heterocycles. The van der Waals surface area contributed by atoms with Crippen LogP contribution in [0.1, 0.15) is 18.4 Å². The molecule has 184 valence electrons. The van der Waals surface area contributed by atoms with Crippen LogP contribution < -0.4 is 0 Å². The molecule has 0 radical (unpaired) electrons. The molecule has 34 heavy (non-hydrogen) atoms. The fourth-order valence-corrected chi connectivity index (χ4v) is 6.44. The number of benzene rings is 1. The number of aromatic nitrogens is 2. The number of likely N-dealkylation sites (tertiary alicyclic amines) is 1. The summed E-state index contributed by atoms with van der Waals surface area (Å²) in [6.45, 7) is -1.83. The van der Waals surface area contributed by atoms with Crippen molar-refractivity contribution in [3.05, 3.63) is 42.2 Å². The second kappa shape index (κ2) is 8.03. The second-order valence-corrected chi connectivity index (χ2v) is 10.6. The Bertz CT molecular complexity index is 1220. The van der Waals surface area contributed by atoms with Crippen molar-refractivity contribution in [3.8, 4) is 5.69 Å². The van der Waals surface area contributed by atoms with E-state index in [0.717, 1.165) is 21.7 Å². The minimum absolute atomic E-state index is 0.0436. The molecule has 2 aliphatic rings. The lowest BCUT2D eigenvalue weighted by Gasteiger charge is -2.40.